The number of halogens is 1. The molecule has 0 bridgehead atoms. The molecule has 0 aliphatic rings. The molecular weight excluding hydrogens is 284 g/mol. The molecule has 1 atom stereocenters. The number of hydrogen-bond donors (Lipinski definition) is 1. The van der Waals surface area contributed by atoms with Gasteiger partial charge in [-0.3, -0.25) is 9.67 Å². The monoisotopic (exact) mass is 300 g/mol. The molecule has 0 saturated heterocycles. The van der Waals surface area contributed by atoms with Gasteiger partial charge >= 0.3 is 0 Å². The minimum atomic E-state index is -0.148. The lowest BCUT2D eigenvalue weighted by Gasteiger charge is -2.15. The predicted octanol–water partition coefficient (Wildman–Crippen LogP) is 3.17. The molecule has 4 nitrogen and oxygen atoms in total. The average molecular weight is 301 g/mol. The van der Waals surface area contributed by atoms with Crippen molar-refractivity contribution < 1.29 is 0 Å². The Morgan fingerprint density at radius 1 is 1.29 bits per heavy atom. The van der Waals surface area contributed by atoms with Crippen molar-refractivity contribution in [2.45, 2.75) is 19.4 Å². The van der Waals surface area contributed by atoms with Gasteiger partial charge in [0.1, 0.15) is 0 Å². The van der Waals surface area contributed by atoms with E-state index in [-0.39, 0.29) is 6.04 Å². The van der Waals surface area contributed by atoms with Gasteiger partial charge in [0.25, 0.3) is 0 Å². The third-order valence-electron chi connectivity index (χ3n) is 3.75. The minimum absolute atomic E-state index is 0.148. The number of fused-ring (bicyclic) bond motifs is 1. The smallest absolute Gasteiger partial charge is 0.0847 e. The first kappa shape index (κ1) is 14.0. The Bertz CT molecular complexity index is 789. The topological polar surface area (TPSA) is 56.7 Å². The molecule has 2 aromatic heterocycles. The Labute approximate surface area is 128 Å². The highest BCUT2D eigenvalue weighted by Gasteiger charge is 2.17. The van der Waals surface area contributed by atoms with Crippen molar-refractivity contribution in [1.82, 2.24) is 14.8 Å². The molecule has 0 saturated carbocycles. The minimum Gasteiger partial charge on any atom is -0.324 e. The summed E-state index contributed by atoms with van der Waals surface area (Å²) in [6.45, 7) is 1.90. The van der Waals surface area contributed by atoms with E-state index in [0.717, 1.165) is 27.9 Å². The van der Waals surface area contributed by atoms with Crippen LogP contribution in [-0.4, -0.2) is 14.8 Å². The fraction of sp³-hybridized carbons (Fsp3) is 0.250. The fourth-order valence-corrected chi connectivity index (χ4v) is 2.91. The van der Waals surface area contributed by atoms with Gasteiger partial charge in [-0.1, -0.05) is 29.8 Å². The predicted molar refractivity (Wildman–Crippen MR) is 85.3 cm³/mol. The van der Waals surface area contributed by atoms with Crippen molar-refractivity contribution in [3.8, 4) is 0 Å². The van der Waals surface area contributed by atoms with Crippen LogP contribution in [0, 0.1) is 6.92 Å². The van der Waals surface area contributed by atoms with Gasteiger partial charge in [-0.25, -0.2) is 0 Å². The van der Waals surface area contributed by atoms with Crippen LogP contribution in [0.4, 0.5) is 0 Å². The molecule has 2 N–H and O–H groups in total. The van der Waals surface area contributed by atoms with Gasteiger partial charge in [-0.15, -0.1) is 0 Å². The SMILES string of the molecule is Cc1nn(C)c(CC(N)c2cccc3ncccc23)c1Cl. The molecule has 0 aliphatic heterocycles. The van der Waals surface area contributed by atoms with Gasteiger partial charge in [0.2, 0.25) is 0 Å². The molecule has 1 aromatic carbocycles. The third-order valence-corrected chi connectivity index (χ3v) is 4.25. The van der Waals surface area contributed by atoms with Crippen molar-refractivity contribution in [2.24, 2.45) is 12.8 Å². The molecule has 0 aliphatic carbocycles. The third kappa shape index (κ3) is 2.52. The molecule has 21 heavy (non-hydrogen) atoms. The van der Waals surface area contributed by atoms with E-state index in [1.807, 2.05) is 44.3 Å². The molecule has 0 spiro atoms. The van der Waals surface area contributed by atoms with Crippen LogP contribution in [0.1, 0.15) is 23.0 Å². The van der Waals surface area contributed by atoms with E-state index in [9.17, 15) is 0 Å². The summed E-state index contributed by atoms with van der Waals surface area (Å²) >= 11 is 6.31. The highest BCUT2D eigenvalue weighted by Crippen LogP contribution is 2.27. The number of benzene rings is 1. The molecule has 5 heteroatoms. The van der Waals surface area contributed by atoms with Gasteiger partial charge in [0.15, 0.2) is 0 Å². The van der Waals surface area contributed by atoms with Crippen LogP contribution in [0.15, 0.2) is 36.5 Å². The standard InChI is InChI=1S/C16H17ClN4/c1-10-16(17)15(21(2)20-10)9-13(18)11-5-3-7-14-12(11)6-4-8-19-14/h3-8,13H,9,18H2,1-2H3. The van der Waals surface area contributed by atoms with Crippen molar-refractivity contribution in [3.05, 3.63) is 58.5 Å². The van der Waals surface area contributed by atoms with E-state index in [4.69, 9.17) is 17.3 Å². The Hall–Kier alpha value is -1.91. The first-order valence-corrected chi connectivity index (χ1v) is 7.23. The molecule has 0 amide bonds. The van der Waals surface area contributed by atoms with Gasteiger partial charge in [0.05, 0.1) is 21.9 Å². The number of nitrogens with zero attached hydrogens (tertiary/aromatic N) is 3. The van der Waals surface area contributed by atoms with E-state index in [1.165, 1.54) is 0 Å². The van der Waals surface area contributed by atoms with Gasteiger partial charge in [-0.05, 0) is 24.6 Å². The van der Waals surface area contributed by atoms with E-state index in [1.54, 1.807) is 10.9 Å². The molecule has 0 fully saturated rings. The molecular formula is C16H17ClN4. The van der Waals surface area contributed by atoms with Gasteiger partial charge in [-0.2, -0.15) is 5.10 Å². The quantitative estimate of drug-likeness (QED) is 0.808. The average Bonchev–Trinajstić information content (AvgIpc) is 2.73. The Balaban J connectivity index is 1.99. The molecule has 0 radical (unpaired) electrons. The number of rotatable bonds is 3. The summed E-state index contributed by atoms with van der Waals surface area (Å²) in [5.41, 5.74) is 10.2. The van der Waals surface area contributed by atoms with E-state index in [2.05, 4.69) is 10.1 Å². The highest BCUT2D eigenvalue weighted by molar-refractivity contribution is 6.31. The second-order valence-electron chi connectivity index (χ2n) is 5.20. The number of aromatic nitrogens is 3. The molecule has 108 valence electrons. The summed E-state index contributed by atoms with van der Waals surface area (Å²) < 4.78 is 1.81. The summed E-state index contributed by atoms with van der Waals surface area (Å²) in [5, 5.41) is 6.12. The van der Waals surface area contributed by atoms with Crippen molar-refractivity contribution in [1.29, 1.82) is 0 Å². The molecule has 1 unspecified atom stereocenters. The number of nitrogens with two attached hydrogens (primary N) is 1. The van der Waals surface area contributed by atoms with Crippen LogP contribution >= 0.6 is 11.6 Å². The van der Waals surface area contributed by atoms with Crippen molar-refractivity contribution >= 4 is 22.5 Å². The lowest BCUT2D eigenvalue weighted by Crippen LogP contribution is -2.16. The van der Waals surface area contributed by atoms with E-state index in [0.29, 0.717) is 11.4 Å². The second-order valence-corrected chi connectivity index (χ2v) is 5.58. The maximum absolute atomic E-state index is 6.41. The Morgan fingerprint density at radius 2 is 2.10 bits per heavy atom. The van der Waals surface area contributed by atoms with Crippen LogP contribution in [-0.2, 0) is 13.5 Å². The first-order valence-electron chi connectivity index (χ1n) is 6.85. The zero-order chi connectivity index (χ0) is 15.0. The summed E-state index contributed by atoms with van der Waals surface area (Å²) in [5.74, 6) is 0. The molecule has 2 heterocycles. The van der Waals surface area contributed by atoms with Crippen LogP contribution in [0.3, 0.4) is 0 Å². The maximum atomic E-state index is 6.41. The van der Waals surface area contributed by atoms with E-state index < -0.39 is 0 Å². The summed E-state index contributed by atoms with van der Waals surface area (Å²) in [7, 11) is 1.89. The first-order chi connectivity index (χ1) is 10.1. The summed E-state index contributed by atoms with van der Waals surface area (Å²) in [6, 6.07) is 9.86. The number of aryl methyl sites for hydroxylation is 2. The normalized spacial score (nSPS) is 12.8. The van der Waals surface area contributed by atoms with Crippen LogP contribution in [0.25, 0.3) is 10.9 Å². The molecule has 3 rings (SSSR count). The zero-order valence-corrected chi connectivity index (χ0v) is 12.8. The largest absolute Gasteiger partial charge is 0.324 e. The Kier molecular flexibility index (Phi) is 3.66. The number of pyridine rings is 1. The van der Waals surface area contributed by atoms with Crippen molar-refractivity contribution in [3.63, 3.8) is 0 Å². The second kappa shape index (κ2) is 5.47. The number of hydrogen-bond acceptors (Lipinski definition) is 3. The maximum Gasteiger partial charge on any atom is 0.0847 e. The van der Waals surface area contributed by atoms with Crippen LogP contribution < -0.4 is 5.73 Å². The van der Waals surface area contributed by atoms with Gasteiger partial charge in [0, 0.05) is 31.1 Å². The summed E-state index contributed by atoms with van der Waals surface area (Å²) in [4.78, 5) is 4.37. The van der Waals surface area contributed by atoms with Crippen LogP contribution in [0.2, 0.25) is 5.02 Å². The zero-order valence-electron chi connectivity index (χ0n) is 12.0. The lowest BCUT2D eigenvalue weighted by atomic mass is 9.98. The van der Waals surface area contributed by atoms with E-state index >= 15 is 0 Å². The van der Waals surface area contributed by atoms with Crippen LogP contribution in [0.5, 0.6) is 0 Å². The van der Waals surface area contributed by atoms with Gasteiger partial charge < -0.3 is 5.73 Å². The Morgan fingerprint density at radius 3 is 2.81 bits per heavy atom. The fourth-order valence-electron chi connectivity index (χ4n) is 2.67. The lowest BCUT2D eigenvalue weighted by molar-refractivity contribution is 0.642. The highest BCUT2D eigenvalue weighted by atomic mass is 35.5. The summed E-state index contributed by atoms with van der Waals surface area (Å²) in [6.07, 6.45) is 2.43. The molecule has 3 aromatic rings. The van der Waals surface area contributed by atoms with Crippen molar-refractivity contribution in [2.75, 3.05) is 0 Å².